The Morgan fingerprint density at radius 2 is 2.19 bits per heavy atom. The van der Waals surface area contributed by atoms with E-state index in [1.807, 2.05) is 20.0 Å². The molecule has 0 aliphatic carbocycles. The van der Waals surface area contributed by atoms with Crippen LogP contribution in [0.25, 0.3) is 0 Å². The summed E-state index contributed by atoms with van der Waals surface area (Å²) in [6, 6.07) is 6.06. The molecule has 6 heteroatoms. The third-order valence-electron chi connectivity index (χ3n) is 3.25. The molecule has 2 rings (SSSR count). The normalized spacial score (nSPS) is 11.7. The Labute approximate surface area is 122 Å². The van der Waals surface area contributed by atoms with Crippen molar-refractivity contribution in [3.63, 3.8) is 0 Å². The van der Waals surface area contributed by atoms with E-state index < -0.39 is 5.82 Å². The summed E-state index contributed by atoms with van der Waals surface area (Å²) in [6.07, 6.45) is 0.843. The fraction of sp³-hybridized carbons (Fsp3) is 0.333. The molecule has 0 aliphatic heterocycles. The van der Waals surface area contributed by atoms with Crippen LogP contribution in [0, 0.1) is 5.82 Å². The van der Waals surface area contributed by atoms with Crippen molar-refractivity contribution in [1.82, 2.24) is 9.78 Å². The van der Waals surface area contributed by atoms with E-state index in [1.165, 1.54) is 18.2 Å². The minimum atomic E-state index is -0.404. The lowest BCUT2D eigenvalue weighted by atomic mass is 10.1. The monoisotopic (exact) mass is 291 g/mol. The lowest BCUT2D eigenvalue weighted by Crippen LogP contribution is -2.06. The molecule has 112 valence electrons. The third-order valence-corrected chi connectivity index (χ3v) is 3.25. The molecular formula is C15H18FN3O2. The summed E-state index contributed by atoms with van der Waals surface area (Å²) in [5.74, 6) is -0.0664. The van der Waals surface area contributed by atoms with E-state index in [2.05, 4.69) is 10.3 Å². The maximum atomic E-state index is 13.4. The molecule has 21 heavy (non-hydrogen) atoms. The van der Waals surface area contributed by atoms with E-state index in [0.717, 1.165) is 17.8 Å². The molecule has 0 saturated heterocycles. The van der Waals surface area contributed by atoms with Gasteiger partial charge in [0.15, 0.2) is 0 Å². The van der Waals surface area contributed by atoms with Crippen LogP contribution < -0.4 is 4.74 Å². The highest BCUT2D eigenvalue weighted by molar-refractivity contribution is 6.00. The predicted octanol–water partition coefficient (Wildman–Crippen LogP) is 2.90. The lowest BCUT2D eigenvalue weighted by Gasteiger charge is -2.11. The largest absolute Gasteiger partial charge is 0.487 e. The maximum absolute atomic E-state index is 13.4. The van der Waals surface area contributed by atoms with Crippen molar-refractivity contribution in [1.29, 1.82) is 0 Å². The predicted molar refractivity (Wildman–Crippen MR) is 77.3 cm³/mol. The Balaban J connectivity index is 2.22. The van der Waals surface area contributed by atoms with Crippen LogP contribution in [0.3, 0.4) is 0 Å². The summed E-state index contributed by atoms with van der Waals surface area (Å²) in [4.78, 5) is 0. The van der Waals surface area contributed by atoms with Gasteiger partial charge >= 0.3 is 0 Å². The molecule has 0 fully saturated rings. The Hall–Kier alpha value is -2.37. The summed E-state index contributed by atoms with van der Waals surface area (Å²) in [6.45, 7) is 3.91. The number of aryl methyl sites for hydroxylation is 2. The van der Waals surface area contributed by atoms with Crippen LogP contribution in [0.1, 0.15) is 30.8 Å². The first kappa shape index (κ1) is 15.0. The molecule has 0 unspecified atom stereocenters. The number of benzene rings is 1. The van der Waals surface area contributed by atoms with Crippen LogP contribution in [0.2, 0.25) is 0 Å². The number of oxime groups is 1. The minimum absolute atomic E-state index is 0.263. The number of aromatic nitrogens is 2. The van der Waals surface area contributed by atoms with Crippen molar-refractivity contribution in [3.8, 4) is 5.75 Å². The highest BCUT2D eigenvalue weighted by Gasteiger charge is 2.11. The summed E-state index contributed by atoms with van der Waals surface area (Å²) in [5, 5.41) is 16.3. The summed E-state index contributed by atoms with van der Waals surface area (Å²) in [5.41, 5.74) is 2.78. The van der Waals surface area contributed by atoms with Crippen LogP contribution in [0.4, 0.5) is 4.39 Å². The Morgan fingerprint density at radius 3 is 2.81 bits per heavy atom. The zero-order chi connectivity index (χ0) is 15.4. The summed E-state index contributed by atoms with van der Waals surface area (Å²) >= 11 is 0. The summed E-state index contributed by atoms with van der Waals surface area (Å²) < 4.78 is 20.8. The molecule has 0 amide bonds. The minimum Gasteiger partial charge on any atom is -0.487 e. The first-order chi connectivity index (χ1) is 10.0. The van der Waals surface area contributed by atoms with Gasteiger partial charge in [-0.05, 0) is 31.5 Å². The Morgan fingerprint density at radius 1 is 1.43 bits per heavy atom. The molecule has 1 heterocycles. The van der Waals surface area contributed by atoms with Crippen molar-refractivity contribution in [2.24, 2.45) is 12.2 Å². The van der Waals surface area contributed by atoms with Gasteiger partial charge in [-0.1, -0.05) is 12.1 Å². The van der Waals surface area contributed by atoms with Crippen molar-refractivity contribution in [2.45, 2.75) is 26.9 Å². The van der Waals surface area contributed by atoms with Gasteiger partial charge < -0.3 is 9.94 Å². The number of nitrogens with zero attached hydrogens (tertiary/aromatic N) is 3. The molecule has 1 aromatic carbocycles. The molecule has 0 radical (unpaired) electrons. The van der Waals surface area contributed by atoms with Gasteiger partial charge in [0.2, 0.25) is 0 Å². The molecule has 0 spiro atoms. The van der Waals surface area contributed by atoms with E-state index in [0.29, 0.717) is 17.0 Å². The molecule has 0 atom stereocenters. The van der Waals surface area contributed by atoms with Gasteiger partial charge in [-0.15, -0.1) is 0 Å². The second-order valence-corrected chi connectivity index (χ2v) is 4.72. The maximum Gasteiger partial charge on any atom is 0.131 e. The zero-order valence-corrected chi connectivity index (χ0v) is 12.3. The smallest absolute Gasteiger partial charge is 0.131 e. The van der Waals surface area contributed by atoms with Gasteiger partial charge in [-0.25, -0.2) is 4.39 Å². The van der Waals surface area contributed by atoms with E-state index in [-0.39, 0.29) is 6.61 Å². The summed E-state index contributed by atoms with van der Waals surface area (Å²) in [7, 11) is 1.84. The topological polar surface area (TPSA) is 59.6 Å². The van der Waals surface area contributed by atoms with Crippen molar-refractivity contribution >= 4 is 5.71 Å². The second-order valence-electron chi connectivity index (χ2n) is 4.72. The molecule has 0 aliphatic rings. The number of ether oxygens (including phenoxy) is 1. The van der Waals surface area contributed by atoms with Crippen LogP contribution >= 0.6 is 0 Å². The second kappa shape index (κ2) is 6.39. The molecular weight excluding hydrogens is 273 g/mol. The Kier molecular flexibility index (Phi) is 4.57. The number of hydrogen-bond donors (Lipinski definition) is 1. The van der Waals surface area contributed by atoms with E-state index >= 15 is 0 Å². The van der Waals surface area contributed by atoms with Crippen LogP contribution in [0.15, 0.2) is 29.4 Å². The third kappa shape index (κ3) is 3.39. The average molecular weight is 291 g/mol. The molecule has 2 aromatic rings. The molecule has 5 nitrogen and oxygen atoms in total. The number of hydrogen-bond acceptors (Lipinski definition) is 4. The SMILES string of the molecule is CCc1cc(COc2cc(F)ccc2C(C)=NO)n(C)n1. The molecule has 1 N–H and O–H groups in total. The molecule has 0 saturated carbocycles. The first-order valence-corrected chi connectivity index (χ1v) is 6.68. The number of halogens is 1. The van der Waals surface area contributed by atoms with Gasteiger partial charge in [0.25, 0.3) is 0 Å². The van der Waals surface area contributed by atoms with Crippen LogP contribution in [-0.4, -0.2) is 20.7 Å². The van der Waals surface area contributed by atoms with E-state index in [1.54, 1.807) is 11.6 Å². The van der Waals surface area contributed by atoms with Gasteiger partial charge in [-0.3, -0.25) is 4.68 Å². The Bertz CT molecular complexity index is 665. The van der Waals surface area contributed by atoms with Crippen LogP contribution in [-0.2, 0) is 20.1 Å². The first-order valence-electron chi connectivity index (χ1n) is 6.68. The fourth-order valence-electron chi connectivity index (χ4n) is 2.00. The van der Waals surface area contributed by atoms with Crippen LogP contribution in [0.5, 0.6) is 5.75 Å². The van der Waals surface area contributed by atoms with Gasteiger partial charge in [0, 0.05) is 18.7 Å². The standard InChI is InChI=1S/C15H18FN3O2/c1-4-12-8-13(19(3)17-12)9-21-15-7-11(16)5-6-14(15)10(2)18-20/h5-8,20H,4,9H2,1-3H3. The highest BCUT2D eigenvalue weighted by Crippen LogP contribution is 2.22. The van der Waals surface area contributed by atoms with Gasteiger partial charge in [0.05, 0.1) is 17.1 Å². The molecule has 1 aromatic heterocycles. The van der Waals surface area contributed by atoms with Crippen molar-refractivity contribution in [2.75, 3.05) is 0 Å². The van der Waals surface area contributed by atoms with Crippen molar-refractivity contribution in [3.05, 3.63) is 47.0 Å². The highest BCUT2D eigenvalue weighted by atomic mass is 19.1. The zero-order valence-electron chi connectivity index (χ0n) is 12.3. The fourth-order valence-corrected chi connectivity index (χ4v) is 2.00. The van der Waals surface area contributed by atoms with Gasteiger partial charge in [-0.2, -0.15) is 5.10 Å². The number of rotatable bonds is 5. The van der Waals surface area contributed by atoms with Gasteiger partial charge in [0.1, 0.15) is 18.2 Å². The van der Waals surface area contributed by atoms with E-state index in [4.69, 9.17) is 9.94 Å². The average Bonchev–Trinajstić information content (AvgIpc) is 2.85. The molecule has 0 bridgehead atoms. The quantitative estimate of drug-likeness (QED) is 0.523. The lowest BCUT2D eigenvalue weighted by molar-refractivity contribution is 0.291. The van der Waals surface area contributed by atoms with E-state index in [9.17, 15) is 4.39 Å². The van der Waals surface area contributed by atoms with Crippen molar-refractivity contribution < 1.29 is 14.3 Å².